The molecule has 1 N–H and O–H groups in total. The van der Waals surface area contributed by atoms with E-state index in [1.807, 2.05) is 42.5 Å². The van der Waals surface area contributed by atoms with E-state index in [2.05, 4.69) is 4.72 Å². The van der Waals surface area contributed by atoms with Crippen molar-refractivity contribution in [1.29, 1.82) is 0 Å². The topological polar surface area (TPSA) is 136 Å². The summed E-state index contributed by atoms with van der Waals surface area (Å²) < 4.78 is 38.0. The van der Waals surface area contributed by atoms with Crippen LogP contribution in [-0.4, -0.2) is 61.7 Å². The van der Waals surface area contributed by atoms with Crippen molar-refractivity contribution in [3.8, 4) is 0 Å². The first kappa shape index (κ1) is 33.8. The number of ether oxygens (including phenoxy) is 1. The quantitative estimate of drug-likeness (QED) is 0.329. The van der Waals surface area contributed by atoms with Crippen molar-refractivity contribution in [2.75, 3.05) is 13.2 Å². The zero-order chi connectivity index (χ0) is 32.0. The Labute approximate surface area is 261 Å². The lowest BCUT2D eigenvalue weighted by Gasteiger charge is -2.29. The Morgan fingerprint density at radius 1 is 1.05 bits per heavy atom. The van der Waals surface area contributed by atoms with Crippen molar-refractivity contribution in [2.24, 2.45) is 17.3 Å². The summed E-state index contributed by atoms with van der Waals surface area (Å²) in [5.74, 6) is -2.59. The molecule has 0 spiro atoms. The summed E-state index contributed by atoms with van der Waals surface area (Å²) in [5, 5.41) is 0. The van der Waals surface area contributed by atoms with Crippen LogP contribution in [0.4, 0.5) is 0 Å². The fourth-order valence-electron chi connectivity index (χ4n) is 6.30. The highest BCUT2D eigenvalue weighted by Crippen LogP contribution is 2.57. The first-order chi connectivity index (χ1) is 20.8. The first-order valence-electron chi connectivity index (χ1n) is 15.8. The summed E-state index contributed by atoms with van der Waals surface area (Å²) >= 11 is 0. The second-order valence-electron chi connectivity index (χ2n) is 13.3. The first-order valence-corrected chi connectivity index (χ1v) is 17.2. The van der Waals surface area contributed by atoms with E-state index < -0.39 is 45.2 Å². The number of rotatable bonds is 8. The number of carbonyl (C=O) groups is 4. The fourth-order valence-corrected chi connectivity index (χ4v) is 7.10. The third-order valence-electron chi connectivity index (χ3n) is 8.65. The lowest BCUT2D eigenvalue weighted by Crippen LogP contribution is -2.46. The molecule has 44 heavy (non-hydrogen) atoms. The molecule has 10 nitrogen and oxygen atoms in total. The van der Waals surface area contributed by atoms with E-state index in [0.717, 1.165) is 31.2 Å². The van der Waals surface area contributed by atoms with Crippen molar-refractivity contribution in [1.82, 2.24) is 9.62 Å². The lowest BCUT2D eigenvalue weighted by molar-refractivity contribution is -0.159. The van der Waals surface area contributed by atoms with Gasteiger partial charge in [0.05, 0.1) is 24.5 Å². The molecule has 4 atom stereocenters. The maximum Gasteiger partial charge on any atom is 0.362 e. The molecule has 0 unspecified atom stereocenters. The van der Waals surface area contributed by atoms with Gasteiger partial charge in [0, 0.05) is 18.9 Å². The van der Waals surface area contributed by atoms with Crippen LogP contribution in [0.3, 0.4) is 0 Å². The molecule has 2 aliphatic heterocycles. The third-order valence-corrected chi connectivity index (χ3v) is 9.56. The molecular formula is C33H46N2O8S. The van der Waals surface area contributed by atoms with E-state index >= 15 is 0 Å². The summed E-state index contributed by atoms with van der Waals surface area (Å²) in [6, 6.07) is 8.54. The second-order valence-corrected chi connectivity index (χ2v) is 14.6. The standard InChI is InChI=1S/C33H46N2O8S/c1-32(2,3)43-29(37)21-25-15-10-5-4-6-11-16-26-22-33(26,23-28(36)27-17-12-19-35(27)30(25)38)31(39)34-44(40,41)42-20-18-24-13-8-7-9-14-24/h7-9,11,13-14,16,25-27H,4-6,10,12,15,17-23H2,1-3H3,(H,34,39)/b16-11-/t25-,26-,27+,33-/m1/s1. The van der Waals surface area contributed by atoms with E-state index in [4.69, 9.17) is 8.92 Å². The monoisotopic (exact) mass is 630 g/mol. The van der Waals surface area contributed by atoms with Crippen molar-refractivity contribution in [3.05, 3.63) is 48.0 Å². The number of amides is 2. The molecule has 1 saturated heterocycles. The number of ketones is 1. The Balaban J connectivity index is 1.47. The summed E-state index contributed by atoms with van der Waals surface area (Å²) in [7, 11) is -4.40. The molecule has 242 valence electrons. The number of nitrogens with one attached hydrogen (secondary N) is 1. The number of hydrogen-bond acceptors (Lipinski definition) is 8. The molecule has 0 bridgehead atoms. The van der Waals surface area contributed by atoms with E-state index in [-0.39, 0.29) is 37.1 Å². The molecule has 2 heterocycles. The molecule has 1 aliphatic carbocycles. The van der Waals surface area contributed by atoms with Gasteiger partial charge in [-0.2, -0.15) is 8.42 Å². The van der Waals surface area contributed by atoms with Gasteiger partial charge in [-0.3, -0.25) is 23.4 Å². The van der Waals surface area contributed by atoms with E-state index in [0.29, 0.717) is 38.6 Å². The molecule has 1 aromatic rings. The fraction of sp³-hybridized carbons (Fsp3) is 0.636. The van der Waals surface area contributed by atoms with Crippen LogP contribution in [0.5, 0.6) is 0 Å². The number of benzene rings is 1. The molecule has 0 radical (unpaired) electrons. The van der Waals surface area contributed by atoms with Crippen molar-refractivity contribution in [3.63, 3.8) is 0 Å². The predicted octanol–water partition coefficient (Wildman–Crippen LogP) is 4.43. The van der Waals surface area contributed by atoms with Gasteiger partial charge >= 0.3 is 16.3 Å². The smallest absolute Gasteiger partial charge is 0.362 e. The van der Waals surface area contributed by atoms with Crippen LogP contribution >= 0.6 is 0 Å². The number of hydrogen-bond donors (Lipinski definition) is 1. The summed E-state index contributed by atoms with van der Waals surface area (Å²) in [5.41, 5.74) is -0.998. The van der Waals surface area contributed by atoms with Gasteiger partial charge in [-0.25, -0.2) is 4.72 Å². The van der Waals surface area contributed by atoms with Crippen molar-refractivity contribution in [2.45, 2.75) is 103 Å². The Morgan fingerprint density at radius 2 is 1.80 bits per heavy atom. The molecule has 2 fully saturated rings. The average Bonchev–Trinajstić information content (AvgIpc) is 3.40. The summed E-state index contributed by atoms with van der Waals surface area (Å²) in [6.45, 7) is 5.61. The predicted molar refractivity (Wildman–Crippen MR) is 164 cm³/mol. The Hall–Kier alpha value is -3.05. The molecule has 11 heteroatoms. The average molecular weight is 631 g/mol. The minimum absolute atomic E-state index is 0.0516. The van der Waals surface area contributed by atoms with Gasteiger partial charge in [-0.05, 0) is 77.2 Å². The molecule has 4 rings (SSSR count). The van der Waals surface area contributed by atoms with Gasteiger partial charge in [-0.1, -0.05) is 55.3 Å². The van der Waals surface area contributed by atoms with Crippen LogP contribution in [0.25, 0.3) is 0 Å². The molecule has 3 aliphatic rings. The maximum atomic E-state index is 13.8. The van der Waals surface area contributed by atoms with Gasteiger partial charge in [0.15, 0.2) is 5.78 Å². The molecule has 1 aromatic carbocycles. The maximum absolute atomic E-state index is 13.8. The summed E-state index contributed by atoms with van der Waals surface area (Å²) in [4.78, 5) is 55.3. The Bertz CT molecular complexity index is 1340. The van der Waals surface area contributed by atoms with Gasteiger partial charge in [-0.15, -0.1) is 0 Å². The van der Waals surface area contributed by atoms with Crippen LogP contribution in [0.1, 0.15) is 90.5 Å². The minimum Gasteiger partial charge on any atom is -0.460 e. The van der Waals surface area contributed by atoms with Crippen molar-refractivity contribution >= 4 is 33.9 Å². The van der Waals surface area contributed by atoms with Crippen LogP contribution in [0, 0.1) is 17.3 Å². The van der Waals surface area contributed by atoms with Gasteiger partial charge in [0.2, 0.25) is 11.8 Å². The van der Waals surface area contributed by atoms with Crippen LogP contribution in [-0.2, 0) is 44.8 Å². The number of allylic oxidation sites excluding steroid dienone is 2. The minimum atomic E-state index is -4.40. The number of carbonyl (C=O) groups excluding carboxylic acids is 4. The van der Waals surface area contributed by atoms with E-state index in [1.165, 1.54) is 0 Å². The zero-order valence-electron chi connectivity index (χ0n) is 26.1. The third kappa shape index (κ3) is 9.23. The molecule has 0 aromatic heterocycles. The van der Waals surface area contributed by atoms with Gasteiger partial charge in [0.25, 0.3) is 0 Å². The normalized spacial score (nSPS) is 27.3. The highest BCUT2D eigenvalue weighted by Gasteiger charge is 2.61. The largest absolute Gasteiger partial charge is 0.460 e. The number of esters is 1. The zero-order valence-corrected chi connectivity index (χ0v) is 26.9. The lowest BCUT2D eigenvalue weighted by atomic mass is 9.91. The van der Waals surface area contributed by atoms with Crippen LogP contribution in [0.15, 0.2) is 42.5 Å². The second kappa shape index (κ2) is 14.4. The molecular weight excluding hydrogens is 584 g/mol. The summed E-state index contributed by atoms with van der Waals surface area (Å²) in [6.07, 6.45) is 9.21. The molecule has 2 amide bonds. The number of nitrogens with zero attached hydrogens (tertiary/aromatic N) is 1. The Kier molecular flexibility index (Phi) is 11.0. The van der Waals surface area contributed by atoms with Crippen LogP contribution in [0.2, 0.25) is 0 Å². The van der Waals surface area contributed by atoms with Crippen molar-refractivity contribution < 1.29 is 36.5 Å². The Morgan fingerprint density at radius 3 is 2.52 bits per heavy atom. The van der Waals surface area contributed by atoms with E-state index in [1.54, 1.807) is 25.7 Å². The van der Waals surface area contributed by atoms with Gasteiger partial charge in [0.1, 0.15) is 5.60 Å². The van der Waals surface area contributed by atoms with Crippen LogP contribution < -0.4 is 4.72 Å². The number of fused-ring (bicyclic) bond motifs is 2. The van der Waals surface area contributed by atoms with E-state index in [9.17, 15) is 27.6 Å². The molecule has 1 saturated carbocycles. The SMILES string of the molecule is CC(C)(C)OC(=O)C[C@H]1CCCCC/C=C\[C@@H]2C[C@@]2(C(=O)NS(=O)(=O)OCCc2ccccc2)CC(=O)[C@@H]2CCCN2C1=O. The highest BCUT2D eigenvalue weighted by atomic mass is 32.2. The number of Topliss-reactive ketones (excluding diaryl/α,β-unsaturated/α-hetero) is 1. The highest BCUT2D eigenvalue weighted by molar-refractivity contribution is 7.85. The van der Waals surface area contributed by atoms with Gasteiger partial charge < -0.3 is 9.64 Å².